The van der Waals surface area contributed by atoms with Gasteiger partial charge in [-0.3, -0.25) is 0 Å². The Hall–Kier alpha value is -1.13. The molecule has 0 heterocycles. The summed E-state index contributed by atoms with van der Waals surface area (Å²) in [4.78, 5) is 0. The summed E-state index contributed by atoms with van der Waals surface area (Å²) in [7, 11) is -3.41. The van der Waals surface area contributed by atoms with Crippen LogP contribution in [-0.2, 0) is 0 Å². The maximum atomic E-state index is 4.05. The lowest BCUT2D eigenvalue weighted by Gasteiger charge is -2.41. The van der Waals surface area contributed by atoms with E-state index in [1.54, 1.807) is 0 Å². The van der Waals surface area contributed by atoms with E-state index in [9.17, 15) is 0 Å². The summed E-state index contributed by atoms with van der Waals surface area (Å²) in [6, 6.07) is 0. The predicted molar refractivity (Wildman–Crippen MR) is 98.7 cm³/mol. The van der Waals surface area contributed by atoms with E-state index in [0.717, 1.165) is 0 Å². The van der Waals surface area contributed by atoms with Crippen molar-refractivity contribution in [2.45, 2.75) is 36.8 Å². The summed E-state index contributed by atoms with van der Waals surface area (Å²) >= 11 is 0. The molecular formula is C18H28Si2. The minimum atomic E-state index is -1.71. The molecule has 1 saturated carbocycles. The lowest BCUT2D eigenvalue weighted by Crippen LogP contribution is -2.40. The van der Waals surface area contributed by atoms with Crippen LogP contribution in [0.15, 0.2) is 73.7 Å². The zero-order chi connectivity index (χ0) is 15.2. The van der Waals surface area contributed by atoms with E-state index in [2.05, 4.69) is 73.7 Å². The smallest absolute Gasteiger partial charge is 0.106 e. The van der Waals surface area contributed by atoms with Crippen molar-refractivity contribution in [1.29, 1.82) is 0 Å². The van der Waals surface area contributed by atoms with E-state index >= 15 is 0 Å². The third-order valence-electron chi connectivity index (χ3n) is 5.26. The Morgan fingerprint density at radius 2 is 0.700 bits per heavy atom. The van der Waals surface area contributed by atoms with E-state index in [-0.39, 0.29) is 0 Å². The average Bonchev–Trinajstić information content (AvgIpc) is 2.53. The Kier molecular flexibility index (Phi) is 5.96. The van der Waals surface area contributed by atoms with Gasteiger partial charge in [-0.05, 0) is 11.1 Å². The van der Waals surface area contributed by atoms with Crippen molar-refractivity contribution in [3.63, 3.8) is 0 Å². The largest absolute Gasteiger partial charge is 0.127 e. The van der Waals surface area contributed by atoms with E-state index < -0.39 is 16.1 Å². The van der Waals surface area contributed by atoms with Crippen LogP contribution in [0.25, 0.3) is 0 Å². The molecule has 0 spiro atoms. The molecule has 0 aromatic carbocycles. The minimum absolute atomic E-state index is 0.706. The Morgan fingerprint density at radius 1 is 0.500 bits per heavy atom. The molecule has 1 fully saturated rings. The molecule has 0 atom stereocenters. The summed E-state index contributed by atoms with van der Waals surface area (Å²) in [5.41, 5.74) is 14.2. The Balaban J connectivity index is 2.87. The van der Waals surface area contributed by atoms with E-state index in [1.165, 1.54) is 25.7 Å². The zero-order valence-corrected chi connectivity index (χ0v) is 14.7. The Labute approximate surface area is 127 Å². The van der Waals surface area contributed by atoms with Crippen LogP contribution in [0.4, 0.5) is 0 Å². The lowest BCUT2D eigenvalue weighted by molar-refractivity contribution is 0.488. The summed E-state index contributed by atoms with van der Waals surface area (Å²) in [5, 5.41) is 0. The maximum Gasteiger partial charge on any atom is 0.127 e. The molecule has 0 aromatic heterocycles. The number of rotatable bonds is 8. The van der Waals surface area contributed by atoms with Crippen LogP contribution < -0.4 is 0 Å². The van der Waals surface area contributed by atoms with Gasteiger partial charge in [-0.1, -0.05) is 59.9 Å². The molecule has 0 bridgehead atoms. The normalized spacial score (nSPS) is 23.4. The van der Waals surface area contributed by atoms with Gasteiger partial charge >= 0.3 is 0 Å². The van der Waals surface area contributed by atoms with Gasteiger partial charge in [0.05, 0.1) is 0 Å². The molecule has 0 saturated heterocycles. The van der Waals surface area contributed by atoms with Gasteiger partial charge in [0.2, 0.25) is 0 Å². The third kappa shape index (κ3) is 2.81. The van der Waals surface area contributed by atoms with E-state index in [1.807, 2.05) is 0 Å². The average molecular weight is 301 g/mol. The van der Waals surface area contributed by atoms with Crippen LogP contribution in [0.3, 0.4) is 0 Å². The van der Waals surface area contributed by atoms with Gasteiger partial charge in [0.25, 0.3) is 0 Å². The minimum Gasteiger partial charge on any atom is -0.106 e. The summed E-state index contributed by atoms with van der Waals surface area (Å²) in [5.74, 6) is 0. The van der Waals surface area contributed by atoms with Gasteiger partial charge in [0.15, 0.2) is 0 Å². The first-order valence-electron chi connectivity index (χ1n) is 7.39. The van der Waals surface area contributed by atoms with Crippen molar-refractivity contribution in [3.05, 3.63) is 73.7 Å². The van der Waals surface area contributed by atoms with Gasteiger partial charge in [-0.2, -0.15) is 0 Å². The van der Waals surface area contributed by atoms with Crippen LogP contribution in [0.2, 0.25) is 11.1 Å². The quantitative estimate of drug-likeness (QED) is 0.516. The first-order chi connectivity index (χ1) is 9.57. The topological polar surface area (TPSA) is 0 Å². The van der Waals surface area contributed by atoms with Crippen LogP contribution in [0.5, 0.6) is 0 Å². The highest BCUT2D eigenvalue weighted by Crippen LogP contribution is 2.47. The van der Waals surface area contributed by atoms with Gasteiger partial charge in [-0.15, -0.1) is 39.5 Å². The van der Waals surface area contributed by atoms with Gasteiger partial charge < -0.3 is 0 Å². The SMILES string of the molecule is C=C[Si](C=C)(C=C)C1CCC([Si](C=C)(C=C)C=C)CC1. The van der Waals surface area contributed by atoms with Crippen molar-refractivity contribution in [2.24, 2.45) is 0 Å². The molecule has 20 heavy (non-hydrogen) atoms. The molecule has 1 aliphatic rings. The molecule has 2 heteroatoms. The molecule has 0 radical (unpaired) electrons. The summed E-state index contributed by atoms with van der Waals surface area (Å²) in [6.07, 6.45) is 4.97. The van der Waals surface area contributed by atoms with Crippen LogP contribution in [0, 0.1) is 0 Å². The summed E-state index contributed by atoms with van der Waals surface area (Å²) < 4.78 is 0. The second kappa shape index (κ2) is 7.05. The van der Waals surface area contributed by atoms with Gasteiger partial charge in [0.1, 0.15) is 16.1 Å². The van der Waals surface area contributed by atoms with Crippen molar-refractivity contribution in [2.75, 3.05) is 0 Å². The van der Waals surface area contributed by atoms with Crippen LogP contribution >= 0.6 is 0 Å². The fourth-order valence-electron chi connectivity index (χ4n) is 3.59. The Bertz CT molecular complexity index is 328. The maximum absolute atomic E-state index is 4.05. The van der Waals surface area contributed by atoms with Gasteiger partial charge in [0, 0.05) is 0 Å². The van der Waals surface area contributed by atoms with Crippen molar-refractivity contribution in [3.8, 4) is 0 Å². The highest BCUT2D eigenvalue weighted by molar-refractivity contribution is 6.95. The highest BCUT2D eigenvalue weighted by Gasteiger charge is 2.41. The standard InChI is InChI=1S/C18H28Si2/c1-7-19(8-2,9-3)17-13-15-18(16-14-17)20(10-4,11-5)12-6/h7-12,17-18H,1-6,13-16H2. The fourth-order valence-corrected chi connectivity index (χ4v) is 9.26. The molecule has 108 valence electrons. The molecule has 0 nitrogen and oxygen atoms in total. The second-order valence-electron chi connectivity index (χ2n) is 5.77. The third-order valence-corrected chi connectivity index (χ3v) is 13.5. The predicted octanol–water partition coefficient (Wildman–Crippen LogP) is 5.55. The molecule has 0 aliphatic heterocycles. The second-order valence-corrected chi connectivity index (χ2v) is 13.9. The lowest BCUT2D eigenvalue weighted by atomic mass is 9.99. The van der Waals surface area contributed by atoms with Crippen molar-refractivity contribution in [1.82, 2.24) is 0 Å². The number of hydrogen-bond acceptors (Lipinski definition) is 0. The van der Waals surface area contributed by atoms with E-state index in [0.29, 0.717) is 11.1 Å². The Morgan fingerprint density at radius 3 is 0.850 bits per heavy atom. The number of hydrogen-bond donors (Lipinski definition) is 0. The summed E-state index contributed by atoms with van der Waals surface area (Å²) in [6.45, 7) is 24.3. The van der Waals surface area contributed by atoms with Gasteiger partial charge in [-0.25, -0.2) is 0 Å². The van der Waals surface area contributed by atoms with Crippen LogP contribution in [-0.4, -0.2) is 16.1 Å². The molecule has 0 amide bonds. The first-order valence-corrected chi connectivity index (χ1v) is 12.0. The highest BCUT2D eigenvalue weighted by atomic mass is 28.3. The van der Waals surface area contributed by atoms with Crippen molar-refractivity contribution < 1.29 is 0 Å². The van der Waals surface area contributed by atoms with Crippen molar-refractivity contribution >= 4 is 16.1 Å². The molecule has 0 N–H and O–H groups in total. The zero-order valence-electron chi connectivity index (χ0n) is 12.7. The fraction of sp³-hybridized carbons (Fsp3) is 0.333. The first kappa shape index (κ1) is 16.9. The molecule has 0 unspecified atom stereocenters. The molecule has 0 aromatic rings. The monoisotopic (exact) mass is 300 g/mol. The molecule has 1 aliphatic carbocycles. The molecule has 1 rings (SSSR count). The molecular weight excluding hydrogens is 272 g/mol. The van der Waals surface area contributed by atoms with E-state index in [4.69, 9.17) is 0 Å². The van der Waals surface area contributed by atoms with Crippen LogP contribution in [0.1, 0.15) is 25.7 Å².